The number of carbonyl (C=O) groups is 1. The van der Waals surface area contributed by atoms with Crippen LogP contribution in [0.25, 0.3) is 0 Å². The van der Waals surface area contributed by atoms with Gasteiger partial charge in [0, 0.05) is 29.9 Å². The van der Waals surface area contributed by atoms with Crippen LogP contribution >= 0.6 is 23.2 Å². The van der Waals surface area contributed by atoms with Gasteiger partial charge in [-0.25, -0.2) is 9.80 Å². The van der Waals surface area contributed by atoms with Gasteiger partial charge in [0.05, 0.1) is 21.8 Å². The molecule has 0 aromatic heterocycles. The largest absolute Gasteiger partial charge is 0.399 e. The first kappa shape index (κ1) is 18.1. The summed E-state index contributed by atoms with van der Waals surface area (Å²) in [5, 5.41) is 7.22. The van der Waals surface area contributed by atoms with Crippen molar-refractivity contribution in [2.45, 2.75) is 25.8 Å². The number of nitrogen functional groups attached to an aromatic ring is 1. The van der Waals surface area contributed by atoms with E-state index in [1.165, 1.54) is 0 Å². The van der Waals surface area contributed by atoms with Crippen molar-refractivity contribution in [1.82, 2.24) is 9.91 Å². The van der Waals surface area contributed by atoms with Crippen LogP contribution in [-0.4, -0.2) is 34.7 Å². The Balaban J connectivity index is 1.84. The van der Waals surface area contributed by atoms with Gasteiger partial charge in [0.15, 0.2) is 0 Å². The Bertz CT molecular complexity index is 920. The predicted octanol–water partition coefficient (Wildman–Crippen LogP) is 4.92. The summed E-state index contributed by atoms with van der Waals surface area (Å²) in [6, 6.07) is 10.8. The van der Waals surface area contributed by atoms with Gasteiger partial charge in [0.25, 0.3) is 0 Å². The fourth-order valence-corrected chi connectivity index (χ4v) is 3.94. The van der Waals surface area contributed by atoms with Crippen molar-refractivity contribution < 1.29 is 4.79 Å². The molecule has 2 amide bonds. The summed E-state index contributed by atoms with van der Waals surface area (Å²) in [5.74, 6) is 0. The monoisotopic (exact) mass is 402 g/mol. The Labute approximate surface area is 168 Å². The summed E-state index contributed by atoms with van der Waals surface area (Å²) in [6.45, 7) is 3.49. The van der Waals surface area contributed by atoms with Crippen LogP contribution < -0.4 is 5.73 Å². The number of hydrogen-bond acceptors (Lipinski definition) is 3. The van der Waals surface area contributed by atoms with E-state index in [-0.39, 0.29) is 12.1 Å². The number of fused-ring (bicyclic) bond motifs is 1. The second-order valence-electron chi connectivity index (χ2n) is 6.92. The molecule has 140 valence electrons. The van der Waals surface area contributed by atoms with Gasteiger partial charge >= 0.3 is 6.03 Å². The Morgan fingerprint density at radius 1 is 1.11 bits per heavy atom. The second kappa shape index (κ2) is 7.06. The molecule has 2 aromatic rings. The molecule has 1 atom stereocenters. The number of likely N-dealkylation sites (tertiary alicyclic amines) is 1. The molecule has 4 rings (SSSR count). The van der Waals surface area contributed by atoms with Crippen molar-refractivity contribution in [3.05, 3.63) is 63.1 Å². The number of hydrogen-bond donors (Lipinski definition) is 1. The van der Waals surface area contributed by atoms with Gasteiger partial charge in [-0.1, -0.05) is 35.3 Å². The van der Waals surface area contributed by atoms with Gasteiger partial charge in [0.1, 0.15) is 0 Å². The molecule has 7 heteroatoms. The highest BCUT2D eigenvalue weighted by Crippen LogP contribution is 2.37. The van der Waals surface area contributed by atoms with Gasteiger partial charge in [-0.15, -0.1) is 0 Å². The summed E-state index contributed by atoms with van der Waals surface area (Å²) < 4.78 is 0. The highest BCUT2D eigenvalue weighted by molar-refractivity contribution is 6.42. The summed E-state index contributed by atoms with van der Waals surface area (Å²) >= 11 is 12.6. The van der Waals surface area contributed by atoms with E-state index in [9.17, 15) is 4.79 Å². The van der Waals surface area contributed by atoms with Gasteiger partial charge in [0.2, 0.25) is 0 Å². The Morgan fingerprint density at radius 3 is 2.41 bits per heavy atom. The zero-order valence-electron chi connectivity index (χ0n) is 15.0. The molecule has 5 nitrogen and oxygen atoms in total. The number of urea groups is 1. The molecule has 0 saturated carbocycles. The maximum absolute atomic E-state index is 13.1. The van der Waals surface area contributed by atoms with E-state index >= 15 is 0 Å². The lowest BCUT2D eigenvalue weighted by atomic mass is 9.92. The molecule has 1 unspecified atom stereocenters. The van der Waals surface area contributed by atoms with Crippen LogP contribution in [0.3, 0.4) is 0 Å². The number of carbonyl (C=O) groups excluding carboxylic acids is 1. The molecule has 2 heterocycles. The Hall–Kier alpha value is -2.24. The molecule has 0 aliphatic carbocycles. The fourth-order valence-electron chi connectivity index (χ4n) is 3.61. The van der Waals surface area contributed by atoms with Crippen molar-refractivity contribution in [2.75, 3.05) is 18.8 Å². The first-order chi connectivity index (χ1) is 13.0. The average Bonchev–Trinajstić information content (AvgIpc) is 3.19. The Morgan fingerprint density at radius 2 is 1.74 bits per heavy atom. The predicted molar refractivity (Wildman–Crippen MR) is 109 cm³/mol. The molecule has 0 radical (unpaired) electrons. The number of hydrazone groups is 1. The normalized spacial score (nSPS) is 19.1. The third kappa shape index (κ3) is 3.26. The summed E-state index contributed by atoms with van der Waals surface area (Å²) in [5.41, 5.74) is 9.87. The topological polar surface area (TPSA) is 61.9 Å². The molecular weight excluding hydrogens is 383 g/mol. The molecule has 0 bridgehead atoms. The van der Waals surface area contributed by atoms with Crippen molar-refractivity contribution >= 4 is 40.6 Å². The van der Waals surface area contributed by atoms with E-state index in [1.54, 1.807) is 5.01 Å². The maximum atomic E-state index is 13.1. The second-order valence-corrected chi connectivity index (χ2v) is 7.74. The van der Waals surface area contributed by atoms with E-state index in [2.05, 4.69) is 0 Å². The van der Waals surface area contributed by atoms with Crippen molar-refractivity contribution in [3.8, 4) is 0 Å². The van der Waals surface area contributed by atoms with Crippen LogP contribution in [0.1, 0.15) is 42.5 Å². The average molecular weight is 403 g/mol. The highest BCUT2D eigenvalue weighted by Gasteiger charge is 2.34. The minimum Gasteiger partial charge on any atom is -0.399 e. The van der Waals surface area contributed by atoms with E-state index in [1.807, 2.05) is 48.2 Å². The number of rotatable bonds is 1. The first-order valence-corrected chi connectivity index (χ1v) is 9.73. The van der Waals surface area contributed by atoms with Crippen LogP contribution in [0.15, 0.2) is 41.5 Å². The molecule has 2 aliphatic rings. The molecule has 2 aromatic carbocycles. The summed E-state index contributed by atoms with van der Waals surface area (Å²) in [6.07, 6.45) is 2.06. The fraction of sp³-hybridized carbons (Fsp3) is 0.300. The molecule has 27 heavy (non-hydrogen) atoms. The molecule has 2 aliphatic heterocycles. The van der Waals surface area contributed by atoms with Gasteiger partial charge in [-0.3, -0.25) is 0 Å². The minimum absolute atomic E-state index is 0.0790. The lowest BCUT2D eigenvalue weighted by molar-refractivity contribution is 0.146. The number of amides is 2. The minimum atomic E-state index is -0.236. The van der Waals surface area contributed by atoms with Crippen LogP contribution in [-0.2, 0) is 0 Å². The van der Waals surface area contributed by atoms with Crippen molar-refractivity contribution in [2.24, 2.45) is 5.10 Å². The van der Waals surface area contributed by atoms with E-state index < -0.39 is 0 Å². The van der Waals surface area contributed by atoms with Gasteiger partial charge < -0.3 is 10.6 Å². The Kier molecular flexibility index (Phi) is 4.74. The SMILES string of the molecule is CC1c2cc(Cl)c(Cl)cc2C(c2ccc(N)cc2)=NN1C(=O)N1CCCC1. The quantitative estimate of drug-likeness (QED) is 0.687. The van der Waals surface area contributed by atoms with Crippen LogP contribution in [0.2, 0.25) is 10.0 Å². The highest BCUT2D eigenvalue weighted by atomic mass is 35.5. The molecule has 1 saturated heterocycles. The summed E-state index contributed by atoms with van der Waals surface area (Å²) in [4.78, 5) is 14.9. The van der Waals surface area contributed by atoms with E-state index in [4.69, 9.17) is 34.0 Å². The van der Waals surface area contributed by atoms with E-state index in [0.29, 0.717) is 21.4 Å². The molecule has 1 fully saturated rings. The number of anilines is 1. The number of benzene rings is 2. The van der Waals surface area contributed by atoms with E-state index in [0.717, 1.165) is 42.6 Å². The lowest BCUT2D eigenvalue weighted by Crippen LogP contribution is -2.42. The molecule has 0 spiro atoms. The van der Waals surface area contributed by atoms with Crippen molar-refractivity contribution in [1.29, 1.82) is 0 Å². The van der Waals surface area contributed by atoms with Gasteiger partial charge in [-0.2, -0.15) is 5.10 Å². The number of nitrogens with zero attached hydrogens (tertiary/aromatic N) is 3. The third-order valence-corrected chi connectivity index (χ3v) is 5.85. The van der Waals surface area contributed by atoms with Gasteiger partial charge in [-0.05, 0) is 49.6 Å². The summed E-state index contributed by atoms with van der Waals surface area (Å²) in [7, 11) is 0. The van der Waals surface area contributed by atoms with Crippen LogP contribution in [0, 0.1) is 0 Å². The zero-order valence-corrected chi connectivity index (χ0v) is 16.5. The van der Waals surface area contributed by atoms with Crippen molar-refractivity contribution in [3.63, 3.8) is 0 Å². The number of halogens is 2. The first-order valence-electron chi connectivity index (χ1n) is 8.97. The number of nitrogens with two attached hydrogens (primary N) is 1. The standard InChI is InChI=1S/C20H20Cl2N4O/c1-12-15-10-17(21)18(22)11-16(15)19(13-4-6-14(23)7-5-13)24-26(12)20(27)25-8-2-3-9-25/h4-7,10-12H,2-3,8-9,23H2,1H3. The molecular formula is C20H20Cl2N4O. The smallest absolute Gasteiger partial charge is 0.341 e. The lowest BCUT2D eigenvalue weighted by Gasteiger charge is -2.34. The molecule has 2 N–H and O–H groups in total. The third-order valence-electron chi connectivity index (χ3n) is 5.13. The maximum Gasteiger partial charge on any atom is 0.341 e. The van der Waals surface area contributed by atoms with Crippen LogP contribution in [0.5, 0.6) is 0 Å². The zero-order chi connectivity index (χ0) is 19.1. The van der Waals surface area contributed by atoms with Crippen LogP contribution in [0.4, 0.5) is 10.5 Å².